The van der Waals surface area contributed by atoms with Gasteiger partial charge in [0.25, 0.3) is 11.5 Å². The lowest BCUT2D eigenvalue weighted by molar-refractivity contribution is 0.0785. The molecule has 0 N–H and O–H groups in total. The number of ether oxygens (including phenoxy) is 2. The van der Waals surface area contributed by atoms with Gasteiger partial charge < -0.3 is 14.4 Å². The third-order valence-electron chi connectivity index (χ3n) is 5.36. The van der Waals surface area contributed by atoms with Crippen LogP contribution in [0.25, 0.3) is 10.9 Å². The van der Waals surface area contributed by atoms with Crippen LogP contribution in [0, 0.1) is 0 Å². The smallest absolute Gasteiger partial charge is 0.261 e. The Morgan fingerprint density at radius 2 is 2.03 bits per heavy atom. The average molecular weight is 407 g/mol. The zero-order valence-corrected chi connectivity index (χ0v) is 17.5. The van der Waals surface area contributed by atoms with Crippen LogP contribution in [-0.4, -0.2) is 41.1 Å². The Hall–Kier alpha value is -3.35. The van der Waals surface area contributed by atoms with Crippen LogP contribution in [0.3, 0.4) is 0 Å². The van der Waals surface area contributed by atoms with E-state index >= 15 is 0 Å². The number of hydrogen-bond acceptors (Lipinski definition) is 5. The Bertz CT molecular complexity index is 1170. The number of amides is 1. The Morgan fingerprint density at radius 1 is 1.20 bits per heavy atom. The van der Waals surface area contributed by atoms with Gasteiger partial charge in [-0.25, -0.2) is 4.98 Å². The summed E-state index contributed by atoms with van der Waals surface area (Å²) in [4.78, 5) is 31.9. The van der Waals surface area contributed by atoms with E-state index in [1.807, 2.05) is 25.1 Å². The van der Waals surface area contributed by atoms with Gasteiger partial charge in [0.05, 0.1) is 24.6 Å². The molecule has 2 heterocycles. The lowest BCUT2D eigenvalue weighted by Crippen LogP contribution is -2.26. The van der Waals surface area contributed by atoms with Crippen molar-refractivity contribution < 1.29 is 14.3 Å². The van der Waals surface area contributed by atoms with Crippen molar-refractivity contribution in [3.63, 3.8) is 0 Å². The van der Waals surface area contributed by atoms with E-state index in [0.717, 1.165) is 24.2 Å². The first kappa shape index (κ1) is 19.9. The maximum absolute atomic E-state index is 13.0. The molecule has 1 amide bonds. The molecule has 1 aromatic heterocycles. The van der Waals surface area contributed by atoms with Crippen LogP contribution >= 0.6 is 0 Å². The number of carbonyl (C=O) groups excluding carboxylic acids is 1. The molecule has 3 aromatic rings. The molecule has 0 atom stereocenters. The van der Waals surface area contributed by atoms with Gasteiger partial charge in [-0.05, 0) is 49.2 Å². The van der Waals surface area contributed by atoms with Gasteiger partial charge in [-0.15, -0.1) is 0 Å². The fourth-order valence-corrected chi connectivity index (χ4v) is 3.87. The topological polar surface area (TPSA) is 73.7 Å². The van der Waals surface area contributed by atoms with Crippen molar-refractivity contribution in [2.45, 2.75) is 32.9 Å². The quantitative estimate of drug-likeness (QED) is 0.628. The Balaban J connectivity index is 1.57. The average Bonchev–Trinajstić information content (AvgIpc) is 3.23. The molecule has 0 spiro atoms. The van der Waals surface area contributed by atoms with E-state index in [0.29, 0.717) is 47.7 Å². The number of aromatic nitrogens is 2. The van der Waals surface area contributed by atoms with Gasteiger partial charge in [-0.1, -0.05) is 6.07 Å². The largest absolute Gasteiger partial charge is 0.493 e. The number of aryl methyl sites for hydroxylation is 1. The van der Waals surface area contributed by atoms with Crippen molar-refractivity contribution in [3.05, 3.63) is 63.7 Å². The van der Waals surface area contributed by atoms with Gasteiger partial charge in [0.1, 0.15) is 5.82 Å². The van der Waals surface area contributed by atoms with Gasteiger partial charge in [0.2, 0.25) is 0 Å². The van der Waals surface area contributed by atoms with E-state index < -0.39 is 0 Å². The van der Waals surface area contributed by atoms with Crippen molar-refractivity contribution in [2.24, 2.45) is 0 Å². The first-order valence-corrected chi connectivity index (χ1v) is 10.1. The fraction of sp³-hybridized carbons (Fsp3) is 0.348. The number of rotatable bonds is 6. The number of carbonyl (C=O) groups is 1. The lowest BCUT2D eigenvalue weighted by Gasteiger charge is -2.19. The highest BCUT2D eigenvalue weighted by Crippen LogP contribution is 2.28. The summed E-state index contributed by atoms with van der Waals surface area (Å²) in [5.74, 6) is 1.98. The maximum Gasteiger partial charge on any atom is 0.261 e. The molecule has 1 aliphatic rings. The van der Waals surface area contributed by atoms with Crippen LogP contribution < -0.4 is 15.0 Å². The molecule has 0 radical (unpaired) electrons. The van der Waals surface area contributed by atoms with E-state index in [1.165, 1.54) is 0 Å². The fourth-order valence-electron chi connectivity index (χ4n) is 3.87. The van der Waals surface area contributed by atoms with Crippen LogP contribution in [0.4, 0.5) is 0 Å². The molecular formula is C23H25N3O4. The Kier molecular flexibility index (Phi) is 5.44. The SMILES string of the molecule is CCOc1ccc(CN(C)C(=O)c2ccc3c(=O)n4c(nc3c2)CCC4)cc1OC. The Labute approximate surface area is 174 Å². The number of hydrogen-bond donors (Lipinski definition) is 0. The van der Waals surface area contributed by atoms with Crippen molar-refractivity contribution in [1.82, 2.24) is 14.5 Å². The summed E-state index contributed by atoms with van der Waals surface area (Å²) in [5, 5.41) is 0.552. The lowest BCUT2D eigenvalue weighted by atomic mass is 10.1. The van der Waals surface area contributed by atoms with Gasteiger partial charge in [-0.3, -0.25) is 14.2 Å². The normalized spacial score (nSPS) is 12.6. The number of fused-ring (bicyclic) bond motifs is 2. The molecule has 0 saturated heterocycles. The summed E-state index contributed by atoms with van der Waals surface area (Å²) in [7, 11) is 3.35. The van der Waals surface area contributed by atoms with Crippen LogP contribution in [0.15, 0.2) is 41.2 Å². The molecule has 156 valence electrons. The number of methoxy groups -OCH3 is 1. The molecule has 2 aromatic carbocycles. The first-order valence-electron chi connectivity index (χ1n) is 10.1. The standard InChI is InChI=1S/C23H25N3O4/c1-4-30-19-10-7-15(12-20(19)29-3)14-25(2)22(27)16-8-9-17-18(13-16)24-21-6-5-11-26(21)23(17)28/h7-10,12-13H,4-6,11,14H2,1-3H3. The molecule has 7 heteroatoms. The molecule has 1 aliphatic heterocycles. The zero-order chi connectivity index (χ0) is 21.3. The molecule has 0 bridgehead atoms. The molecule has 30 heavy (non-hydrogen) atoms. The highest BCUT2D eigenvalue weighted by atomic mass is 16.5. The van der Waals surface area contributed by atoms with Crippen molar-refractivity contribution in [1.29, 1.82) is 0 Å². The summed E-state index contributed by atoms with van der Waals surface area (Å²) in [6.45, 7) is 3.60. The van der Waals surface area contributed by atoms with Crippen LogP contribution in [0.5, 0.6) is 11.5 Å². The minimum atomic E-state index is -0.132. The van der Waals surface area contributed by atoms with Gasteiger partial charge >= 0.3 is 0 Å². The molecule has 4 rings (SSSR count). The zero-order valence-electron chi connectivity index (χ0n) is 17.5. The first-order chi connectivity index (χ1) is 14.5. The summed E-state index contributed by atoms with van der Waals surface area (Å²) in [6, 6.07) is 10.8. The molecule has 0 aliphatic carbocycles. The Morgan fingerprint density at radius 3 is 2.80 bits per heavy atom. The van der Waals surface area contributed by atoms with Crippen LogP contribution in [-0.2, 0) is 19.5 Å². The highest BCUT2D eigenvalue weighted by molar-refractivity contribution is 5.97. The highest BCUT2D eigenvalue weighted by Gasteiger charge is 2.19. The van der Waals surface area contributed by atoms with Gasteiger partial charge in [0, 0.05) is 32.1 Å². The van der Waals surface area contributed by atoms with E-state index in [-0.39, 0.29) is 11.5 Å². The van der Waals surface area contributed by atoms with Crippen molar-refractivity contribution >= 4 is 16.8 Å². The third kappa shape index (κ3) is 3.63. The van der Waals surface area contributed by atoms with Crippen molar-refractivity contribution in [3.8, 4) is 11.5 Å². The summed E-state index contributed by atoms with van der Waals surface area (Å²) < 4.78 is 12.7. The molecular weight excluding hydrogens is 382 g/mol. The van der Waals surface area contributed by atoms with E-state index in [1.54, 1.807) is 41.8 Å². The van der Waals surface area contributed by atoms with Gasteiger partial charge in [0.15, 0.2) is 11.5 Å². The number of benzene rings is 2. The summed E-state index contributed by atoms with van der Waals surface area (Å²) in [5.41, 5.74) is 2.00. The molecule has 0 fully saturated rings. The van der Waals surface area contributed by atoms with Crippen LogP contribution in [0.1, 0.15) is 35.1 Å². The number of nitrogens with zero attached hydrogens (tertiary/aromatic N) is 3. The molecule has 0 unspecified atom stereocenters. The van der Waals surface area contributed by atoms with E-state index in [4.69, 9.17) is 9.47 Å². The van der Waals surface area contributed by atoms with Crippen LogP contribution in [0.2, 0.25) is 0 Å². The van der Waals surface area contributed by atoms with Gasteiger partial charge in [-0.2, -0.15) is 0 Å². The van der Waals surface area contributed by atoms with Crippen molar-refractivity contribution in [2.75, 3.05) is 20.8 Å². The molecule has 7 nitrogen and oxygen atoms in total. The third-order valence-corrected chi connectivity index (χ3v) is 5.36. The maximum atomic E-state index is 13.0. The van der Waals surface area contributed by atoms with E-state index in [2.05, 4.69) is 4.98 Å². The molecule has 0 saturated carbocycles. The monoisotopic (exact) mass is 407 g/mol. The summed E-state index contributed by atoms with van der Waals surface area (Å²) in [6.07, 6.45) is 1.72. The minimum Gasteiger partial charge on any atom is -0.493 e. The second-order valence-electron chi connectivity index (χ2n) is 7.40. The summed E-state index contributed by atoms with van der Waals surface area (Å²) >= 11 is 0. The predicted molar refractivity (Wildman–Crippen MR) is 114 cm³/mol. The van der Waals surface area contributed by atoms with E-state index in [9.17, 15) is 9.59 Å². The second-order valence-corrected chi connectivity index (χ2v) is 7.40. The second kappa shape index (κ2) is 8.18. The predicted octanol–water partition coefficient (Wildman–Crippen LogP) is 3.02. The minimum absolute atomic E-state index is 0.0265.